The van der Waals surface area contributed by atoms with E-state index in [-0.39, 0.29) is 11.4 Å². The number of halogens is 1. The van der Waals surface area contributed by atoms with Crippen LogP contribution in [-0.4, -0.2) is 33.0 Å². The smallest absolute Gasteiger partial charge is 0.399 e. The molecular formula is C15H17BFN3O4. The van der Waals surface area contributed by atoms with Gasteiger partial charge in [0, 0.05) is 23.9 Å². The van der Waals surface area contributed by atoms with Gasteiger partial charge in [0.2, 0.25) is 0 Å². The zero-order chi connectivity index (χ0) is 17.7. The quantitative estimate of drug-likeness (QED) is 0.489. The van der Waals surface area contributed by atoms with Crippen LogP contribution in [0.2, 0.25) is 0 Å². The lowest BCUT2D eigenvalue weighted by atomic mass is 9.82. The Morgan fingerprint density at radius 2 is 1.88 bits per heavy atom. The predicted molar refractivity (Wildman–Crippen MR) is 85.9 cm³/mol. The van der Waals surface area contributed by atoms with Crippen LogP contribution in [0.5, 0.6) is 0 Å². The van der Waals surface area contributed by atoms with E-state index in [0.717, 1.165) is 6.07 Å². The minimum absolute atomic E-state index is 0.114. The minimum Gasteiger partial charge on any atom is -0.399 e. The number of hydrogen-bond donors (Lipinski definition) is 0. The third kappa shape index (κ3) is 2.69. The van der Waals surface area contributed by atoms with Crippen LogP contribution in [0.3, 0.4) is 0 Å². The molecule has 7 nitrogen and oxygen atoms in total. The first-order valence-electron chi connectivity index (χ1n) is 7.45. The molecule has 2 aromatic rings. The molecule has 0 atom stereocenters. The molecule has 0 saturated carbocycles. The van der Waals surface area contributed by atoms with Gasteiger partial charge in [-0.05, 0) is 33.8 Å². The first-order chi connectivity index (χ1) is 11.1. The van der Waals surface area contributed by atoms with E-state index >= 15 is 0 Å². The average molecular weight is 333 g/mol. The highest BCUT2D eigenvalue weighted by atomic mass is 19.1. The van der Waals surface area contributed by atoms with Crippen molar-refractivity contribution in [3.63, 3.8) is 0 Å². The van der Waals surface area contributed by atoms with Gasteiger partial charge in [-0.25, -0.2) is 9.07 Å². The number of benzene rings is 1. The first kappa shape index (κ1) is 16.6. The molecule has 3 rings (SSSR count). The Balaban J connectivity index is 1.88. The zero-order valence-corrected chi connectivity index (χ0v) is 13.8. The Hall–Kier alpha value is -2.26. The van der Waals surface area contributed by atoms with Crippen LogP contribution in [0.1, 0.15) is 27.7 Å². The molecule has 0 radical (unpaired) electrons. The number of hydrogen-bond acceptors (Lipinski definition) is 5. The SMILES string of the molecule is CC1(C)OB(c2cnn(-c3ccc([N+](=O)[O-])cc3F)c2)OC1(C)C. The van der Waals surface area contributed by atoms with Gasteiger partial charge >= 0.3 is 7.12 Å². The summed E-state index contributed by atoms with van der Waals surface area (Å²) in [5.41, 5.74) is -0.527. The van der Waals surface area contributed by atoms with E-state index in [1.807, 2.05) is 27.7 Å². The Morgan fingerprint density at radius 1 is 1.25 bits per heavy atom. The summed E-state index contributed by atoms with van der Waals surface area (Å²) in [6.45, 7) is 7.75. The number of nitro groups is 1. The van der Waals surface area contributed by atoms with Gasteiger partial charge in [-0.2, -0.15) is 5.10 Å². The molecule has 0 bridgehead atoms. The van der Waals surface area contributed by atoms with Crippen LogP contribution in [0.4, 0.5) is 10.1 Å². The minimum atomic E-state index is -0.729. The molecule has 1 aromatic heterocycles. The van der Waals surface area contributed by atoms with Crippen molar-refractivity contribution in [3.05, 3.63) is 46.5 Å². The predicted octanol–water partition coefficient (Wildman–Crippen LogP) is 2.22. The maximum Gasteiger partial charge on any atom is 0.498 e. The summed E-state index contributed by atoms with van der Waals surface area (Å²) in [5, 5.41) is 14.8. The molecule has 1 aliphatic heterocycles. The fraction of sp³-hybridized carbons (Fsp3) is 0.400. The van der Waals surface area contributed by atoms with E-state index in [0.29, 0.717) is 5.46 Å². The molecule has 0 aliphatic carbocycles. The van der Waals surface area contributed by atoms with Crippen molar-refractivity contribution in [2.24, 2.45) is 0 Å². The topological polar surface area (TPSA) is 79.4 Å². The molecule has 9 heteroatoms. The lowest BCUT2D eigenvalue weighted by molar-refractivity contribution is -0.385. The highest BCUT2D eigenvalue weighted by Gasteiger charge is 2.52. The van der Waals surface area contributed by atoms with Crippen molar-refractivity contribution in [1.82, 2.24) is 9.78 Å². The van der Waals surface area contributed by atoms with E-state index in [4.69, 9.17) is 9.31 Å². The lowest BCUT2D eigenvalue weighted by Gasteiger charge is -2.32. The Labute approximate surface area is 138 Å². The molecule has 2 heterocycles. The summed E-state index contributed by atoms with van der Waals surface area (Å²) in [7, 11) is -0.607. The molecule has 0 amide bonds. The van der Waals surface area contributed by atoms with Crippen molar-refractivity contribution in [2.45, 2.75) is 38.9 Å². The van der Waals surface area contributed by atoms with Gasteiger partial charge in [-0.1, -0.05) is 0 Å². The molecule has 1 aliphatic rings. The summed E-state index contributed by atoms with van der Waals surface area (Å²) in [6, 6.07) is 3.41. The molecule has 1 saturated heterocycles. The third-order valence-corrected chi connectivity index (χ3v) is 4.52. The fourth-order valence-corrected chi connectivity index (χ4v) is 2.36. The maximum absolute atomic E-state index is 14.1. The highest BCUT2D eigenvalue weighted by molar-refractivity contribution is 6.62. The largest absolute Gasteiger partial charge is 0.498 e. The standard InChI is InChI=1S/C15H17BFN3O4/c1-14(2)15(3,4)24-16(23-14)10-8-18-19(9-10)13-6-5-11(20(21)22)7-12(13)17/h5-9H,1-4H3. The van der Waals surface area contributed by atoms with Gasteiger partial charge in [0.15, 0.2) is 5.82 Å². The summed E-state index contributed by atoms with van der Waals surface area (Å²) >= 11 is 0. The van der Waals surface area contributed by atoms with Crippen LogP contribution in [-0.2, 0) is 9.31 Å². The molecular weight excluding hydrogens is 316 g/mol. The van der Waals surface area contributed by atoms with Crippen molar-refractivity contribution in [3.8, 4) is 5.69 Å². The molecule has 126 valence electrons. The van der Waals surface area contributed by atoms with E-state index in [9.17, 15) is 14.5 Å². The summed E-state index contributed by atoms with van der Waals surface area (Å²) < 4.78 is 27.2. The number of non-ortho nitro benzene ring substituents is 1. The van der Waals surface area contributed by atoms with Gasteiger partial charge < -0.3 is 9.31 Å². The van der Waals surface area contributed by atoms with Gasteiger partial charge in [-0.15, -0.1) is 0 Å². The normalized spacial score (nSPS) is 18.8. The lowest BCUT2D eigenvalue weighted by Crippen LogP contribution is -2.41. The second-order valence-electron chi connectivity index (χ2n) is 6.70. The molecule has 1 fully saturated rings. The average Bonchev–Trinajstić information content (AvgIpc) is 3.02. The van der Waals surface area contributed by atoms with E-state index in [1.165, 1.54) is 23.0 Å². The van der Waals surface area contributed by atoms with Crippen LogP contribution >= 0.6 is 0 Å². The van der Waals surface area contributed by atoms with Crippen LogP contribution in [0.25, 0.3) is 5.69 Å². The van der Waals surface area contributed by atoms with Gasteiger partial charge in [0.05, 0.1) is 22.2 Å². The van der Waals surface area contributed by atoms with Crippen molar-refractivity contribution in [1.29, 1.82) is 0 Å². The monoisotopic (exact) mass is 333 g/mol. The van der Waals surface area contributed by atoms with E-state index in [1.54, 1.807) is 6.20 Å². The van der Waals surface area contributed by atoms with E-state index in [2.05, 4.69) is 5.10 Å². The maximum atomic E-state index is 14.1. The third-order valence-electron chi connectivity index (χ3n) is 4.52. The summed E-state index contributed by atoms with van der Waals surface area (Å²) in [6.07, 6.45) is 3.12. The first-order valence-corrected chi connectivity index (χ1v) is 7.45. The summed E-state index contributed by atoms with van der Waals surface area (Å²) in [5.74, 6) is -0.729. The van der Waals surface area contributed by atoms with Crippen molar-refractivity contribution < 1.29 is 18.6 Å². The zero-order valence-electron chi connectivity index (χ0n) is 13.8. The molecule has 0 spiro atoms. The molecule has 24 heavy (non-hydrogen) atoms. The summed E-state index contributed by atoms with van der Waals surface area (Å²) in [4.78, 5) is 10.0. The Bertz CT molecular complexity index is 790. The Kier molecular flexibility index (Phi) is 3.73. The number of nitro benzene ring substituents is 1. The second kappa shape index (κ2) is 5.39. The van der Waals surface area contributed by atoms with Gasteiger partial charge in [-0.3, -0.25) is 10.1 Å². The van der Waals surface area contributed by atoms with Crippen LogP contribution in [0, 0.1) is 15.9 Å². The molecule has 1 aromatic carbocycles. The Morgan fingerprint density at radius 3 is 2.42 bits per heavy atom. The number of rotatable bonds is 3. The fourth-order valence-electron chi connectivity index (χ4n) is 2.36. The molecule has 0 N–H and O–H groups in total. The van der Waals surface area contributed by atoms with Crippen LogP contribution < -0.4 is 5.46 Å². The van der Waals surface area contributed by atoms with Crippen LogP contribution in [0.15, 0.2) is 30.6 Å². The number of aromatic nitrogens is 2. The van der Waals surface area contributed by atoms with E-state index < -0.39 is 29.1 Å². The highest BCUT2D eigenvalue weighted by Crippen LogP contribution is 2.36. The van der Waals surface area contributed by atoms with Crippen molar-refractivity contribution >= 4 is 18.3 Å². The molecule has 0 unspecified atom stereocenters. The number of nitrogens with zero attached hydrogens (tertiary/aromatic N) is 3. The van der Waals surface area contributed by atoms with Crippen molar-refractivity contribution in [2.75, 3.05) is 0 Å². The van der Waals surface area contributed by atoms with Gasteiger partial charge in [0.25, 0.3) is 5.69 Å². The second-order valence-corrected chi connectivity index (χ2v) is 6.70. The van der Waals surface area contributed by atoms with Gasteiger partial charge in [0.1, 0.15) is 5.69 Å².